The van der Waals surface area contributed by atoms with Crippen LogP contribution >= 0.6 is 0 Å². The van der Waals surface area contributed by atoms with Gasteiger partial charge in [0.2, 0.25) is 0 Å². The number of rotatable bonds is 1. The number of carbonyl (C=O) groups excluding carboxylic acids is 1. The van der Waals surface area contributed by atoms with Crippen molar-refractivity contribution in [2.24, 2.45) is 10.5 Å². The Bertz CT molecular complexity index is 221. The molecular formula is C8H14N2O2. The van der Waals surface area contributed by atoms with E-state index in [4.69, 9.17) is 0 Å². The van der Waals surface area contributed by atoms with E-state index in [-0.39, 0.29) is 5.41 Å². The molecule has 1 rings (SSSR count). The Morgan fingerprint density at radius 1 is 1.67 bits per heavy atom. The highest BCUT2D eigenvalue weighted by Gasteiger charge is 2.34. The van der Waals surface area contributed by atoms with Crippen molar-refractivity contribution in [2.45, 2.75) is 26.7 Å². The first kappa shape index (κ1) is 9.03. The zero-order valence-corrected chi connectivity index (χ0v) is 7.68. The third-order valence-corrected chi connectivity index (χ3v) is 2.24. The number of amides is 1. The molecule has 0 radical (unpaired) electrons. The maximum Gasteiger partial charge on any atom is 0.427 e. The van der Waals surface area contributed by atoms with Gasteiger partial charge in [-0.2, -0.15) is 5.10 Å². The van der Waals surface area contributed by atoms with Crippen molar-refractivity contribution in [1.29, 1.82) is 0 Å². The summed E-state index contributed by atoms with van der Waals surface area (Å²) in [7, 11) is 1.32. The number of nitrogens with zero attached hydrogens (tertiary/aromatic N) is 1. The van der Waals surface area contributed by atoms with Crippen LogP contribution < -0.4 is 5.43 Å². The Labute approximate surface area is 72.0 Å². The zero-order valence-electron chi connectivity index (χ0n) is 7.68. The van der Waals surface area contributed by atoms with E-state index in [1.165, 1.54) is 7.11 Å². The van der Waals surface area contributed by atoms with Crippen LogP contribution in [0, 0.1) is 5.41 Å². The minimum absolute atomic E-state index is 0.154. The number of methoxy groups -OCH3 is 1. The van der Waals surface area contributed by atoms with Crippen molar-refractivity contribution in [1.82, 2.24) is 5.43 Å². The van der Waals surface area contributed by atoms with Crippen molar-refractivity contribution in [3.8, 4) is 0 Å². The van der Waals surface area contributed by atoms with E-state index in [2.05, 4.69) is 29.1 Å². The SMILES string of the molecule is COC(=O)N/N=C1/CCC1(C)C. The summed E-state index contributed by atoms with van der Waals surface area (Å²) in [5.41, 5.74) is 3.51. The van der Waals surface area contributed by atoms with Gasteiger partial charge in [-0.3, -0.25) is 0 Å². The third kappa shape index (κ3) is 1.75. The molecule has 1 N–H and O–H groups in total. The Hall–Kier alpha value is -1.06. The molecule has 1 aliphatic carbocycles. The largest absolute Gasteiger partial charge is 0.452 e. The van der Waals surface area contributed by atoms with E-state index in [1.807, 2.05) is 0 Å². The lowest BCUT2D eigenvalue weighted by molar-refractivity contribution is 0.171. The lowest BCUT2D eigenvalue weighted by Gasteiger charge is -2.35. The van der Waals surface area contributed by atoms with Crippen LogP contribution in [0.2, 0.25) is 0 Å². The second-order valence-corrected chi connectivity index (χ2v) is 3.55. The van der Waals surface area contributed by atoms with Crippen LogP contribution in [0.4, 0.5) is 4.79 Å². The number of hydrazone groups is 1. The molecule has 4 heteroatoms. The van der Waals surface area contributed by atoms with Crippen LogP contribution in [0.5, 0.6) is 0 Å². The van der Waals surface area contributed by atoms with E-state index in [0.29, 0.717) is 0 Å². The number of hydrogen-bond acceptors (Lipinski definition) is 3. The first-order chi connectivity index (χ1) is 5.56. The average Bonchev–Trinajstić information content (AvgIpc) is 2.02. The van der Waals surface area contributed by atoms with Crippen LogP contribution in [-0.4, -0.2) is 18.9 Å². The Balaban J connectivity index is 2.43. The Morgan fingerprint density at radius 3 is 2.67 bits per heavy atom. The van der Waals surface area contributed by atoms with Gasteiger partial charge < -0.3 is 4.74 Å². The monoisotopic (exact) mass is 170 g/mol. The molecule has 0 saturated heterocycles. The minimum atomic E-state index is -0.509. The van der Waals surface area contributed by atoms with Crippen molar-refractivity contribution < 1.29 is 9.53 Å². The summed E-state index contributed by atoms with van der Waals surface area (Å²) in [6, 6.07) is 0. The van der Waals surface area contributed by atoms with E-state index in [1.54, 1.807) is 0 Å². The summed E-state index contributed by atoms with van der Waals surface area (Å²) in [5, 5.41) is 3.95. The fourth-order valence-corrected chi connectivity index (χ4v) is 1.10. The van der Waals surface area contributed by atoms with E-state index >= 15 is 0 Å². The van der Waals surface area contributed by atoms with Gasteiger partial charge in [-0.1, -0.05) is 13.8 Å². The fourth-order valence-electron chi connectivity index (χ4n) is 1.10. The molecule has 1 amide bonds. The Morgan fingerprint density at radius 2 is 2.33 bits per heavy atom. The number of carbonyl (C=O) groups is 1. The molecule has 0 aromatic rings. The molecule has 1 aliphatic rings. The topological polar surface area (TPSA) is 50.7 Å². The fraction of sp³-hybridized carbons (Fsp3) is 0.750. The summed E-state index contributed by atoms with van der Waals surface area (Å²) in [5.74, 6) is 0. The summed E-state index contributed by atoms with van der Waals surface area (Å²) in [4.78, 5) is 10.6. The molecular weight excluding hydrogens is 156 g/mol. The second-order valence-electron chi connectivity index (χ2n) is 3.55. The van der Waals surface area contributed by atoms with Gasteiger partial charge in [0.05, 0.1) is 7.11 Å². The number of ether oxygens (including phenoxy) is 1. The predicted molar refractivity (Wildman–Crippen MR) is 46.0 cm³/mol. The number of nitrogens with one attached hydrogen (secondary N) is 1. The number of hydrogen-bond donors (Lipinski definition) is 1. The van der Waals surface area contributed by atoms with Gasteiger partial charge in [-0.25, -0.2) is 10.2 Å². The maximum absolute atomic E-state index is 10.6. The summed E-state index contributed by atoms with van der Waals surface area (Å²) in [6.45, 7) is 4.21. The predicted octanol–water partition coefficient (Wildman–Crippen LogP) is 1.52. The molecule has 0 atom stereocenters. The van der Waals surface area contributed by atoms with Gasteiger partial charge in [0.1, 0.15) is 0 Å². The molecule has 0 spiro atoms. The first-order valence-electron chi connectivity index (χ1n) is 3.97. The molecule has 0 aromatic heterocycles. The summed E-state index contributed by atoms with van der Waals surface area (Å²) in [6.07, 6.45) is 1.59. The highest BCUT2D eigenvalue weighted by atomic mass is 16.5. The van der Waals surface area contributed by atoms with Crippen LogP contribution in [0.15, 0.2) is 5.10 Å². The first-order valence-corrected chi connectivity index (χ1v) is 3.97. The van der Waals surface area contributed by atoms with Crippen molar-refractivity contribution in [3.63, 3.8) is 0 Å². The normalized spacial score (nSPS) is 23.1. The van der Waals surface area contributed by atoms with Crippen molar-refractivity contribution >= 4 is 11.8 Å². The van der Waals surface area contributed by atoms with Gasteiger partial charge in [0, 0.05) is 11.1 Å². The molecule has 0 aromatic carbocycles. The smallest absolute Gasteiger partial charge is 0.427 e. The second kappa shape index (κ2) is 3.13. The highest BCUT2D eigenvalue weighted by Crippen LogP contribution is 2.36. The lowest BCUT2D eigenvalue weighted by atomic mass is 9.70. The van der Waals surface area contributed by atoms with E-state index in [9.17, 15) is 4.79 Å². The molecule has 0 unspecified atom stereocenters. The van der Waals surface area contributed by atoms with Crippen molar-refractivity contribution in [2.75, 3.05) is 7.11 Å². The molecule has 1 fully saturated rings. The third-order valence-electron chi connectivity index (χ3n) is 2.24. The standard InChI is InChI=1S/C8H14N2O2/c1-8(2)5-4-6(8)9-10-7(11)12-3/h4-5H2,1-3H3,(H,10,11)/b9-6-. The van der Waals surface area contributed by atoms with Crippen LogP contribution in [-0.2, 0) is 4.74 Å². The molecule has 4 nitrogen and oxygen atoms in total. The van der Waals surface area contributed by atoms with Gasteiger partial charge in [-0.15, -0.1) is 0 Å². The average molecular weight is 170 g/mol. The lowest BCUT2D eigenvalue weighted by Crippen LogP contribution is -2.37. The van der Waals surface area contributed by atoms with E-state index < -0.39 is 6.09 Å². The molecule has 0 bridgehead atoms. The van der Waals surface area contributed by atoms with Crippen LogP contribution in [0.25, 0.3) is 0 Å². The molecule has 1 saturated carbocycles. The summed E-state index contributed by atoms with van der Waals surface area (Å²) >= 11 is 0. The molecule has 68 valence electrons. The molecule has 12 heavy (non-hydrogen) atoms. The Kier molecular flexibility index (Phi) is 2.35. The van der Waals surface area contributed by atoms with Crippen LogP contribution in [0.1, 0.15) is 26.7 Å². The van der Waals surface area contributed by atoms with Gasteiger partial charge >= 0.3 is 6.09 Å². The molecule has 0 aliphatic heterocycles. The van der Waals surface area contributed by atoms with Crippen molar-refractivity contribution in [3.05, 3.63) is 0 Å². The van der Waals surface area contributed by atoms with Gasteiger partial charge in [0.25, 0.3) is 0 Å². The van der Waals surface area contributed by atoms with E-state index in [0.717, 1.165) is 18.6 Å². The van der Waals surface area contributed by atoms with Crippen LogP contribution in [0.3, 0.4) is 0 Å². The molecule has 0 heterocycles. The quantitative estimate of drug-likeness (QED) is 0.606. The summed E-state index contributed by atoms with van der Waals surface area (Å²) < 4.78 is 4.38. The van der Waals surface area contributed by atoms with Gasteiger partial charge in [-0.05, 0) is 12.8 Å². The maximum atomic E-state index is 10.6. The minimum Gasteiger partial charge on any atom is -0.452 e. The van der Waals surface area contributed by atoms with Gasteiger partial charge in [0.15, 0.2) is 0 Å². The highest BCUT2D eigenvalue weighted by molar-refractivity contribution is 5.95. The zero-order chi connectivity index (χ0) is 9.19.